The minimum absolute atomic E-state index is 0.0874. The van der Waals surface area contributed by atoms with Crippen molar-refractivity contribution in [3.05, 3.63) is 53.4 Å². The van der Waals surface area contributed by atoms with Gasteiger partial charge < -0.3 is 5.73 Å². The Morgan fingerprint density at radius 3 is 2.52 bits per heavy atom. The molecule has 0 amide bonds. The van der Waals surface area contributed by atoms with Crippen LogP contribution in [0.5, 0.6) is 0 Å². The van der Waals surface area contributed by atoms with Gasteiger partial charge in [0, 0.05) is 18.8 Å². The normalized spacial score (nSPS) is 11.4. The quantitative estimate of drug-likeness (QED) is 0.903. The number of anilines is 1. The SMILES string of the molecule is Cc1cc(F)c(NS(=O)(=O)c2ccc(CN)nc2)cc1F. The zero-order valence-electron chi connectivity index (χ0n) is 11.1. The Morgan fingerprint density at radius 1 is 1.24 bits per heavy atom. The molecule has 0 unspecified atom stereocenters. The molecule has 8 heteroatoms. The lowest BCUT2D eigenvalue weighted by Crippen LogP contribution is -2.15. The van der Waals surface area contributed by atoms with E-state index in [1.165, 1.54) is 19.1 Å². The third-order valence-corrected chi connectivity index (χ3v) is 4.16. The highest BCUT2D eigenvalue weighted by Gasteiger charge is 2.18. The summed E-state index contributed by atoms with van der Waals surface area (Å²) in [6.45, 7) is 1.55. The molecular weight excluding hydrogens is 300 g/mol. The first-order chi connectivity index (χ1) is 9.83. The van der Waals surface area contributed by atoms with Crippen molar-refractivity contribution in [2.24, 2.45) is 5.73 Å². The molecule has 0 bridgehead atoms. The summed E-state index contributed by atoms with van der Waals surface area (Å²) in [7, 11) is -4.05. The zero-order chi connectivity index (χ0) is 15.6. The number of hydrogen-bond donors (Lipinski definition) is 2. The fraction of sp³-hybridized carbons (Fsp3) is 0.154. The van der Waals surface area contributed by atoms with Gasteiger partial charge in [-0.3, -0.25) is 9.71 Å². The molecule has 1 heterocycles. The fourth-order valence-electron chi connectivity index (χ4n) is 1.62. The monoisotopic (exact) mass is 313 g/mol. The first-order valence-corrected chi connectivity index (χ1v) is 7.45. The van der Waals surface area contributed by atoms with Crippen LogP contribution in [0, 0.1) is 18.6 Å². The molecule has 5 nitrogen and oxygen atoms in total. The van der Waals surface area contributed by atoms with E-state index in [1.54, 1.807) is 0 Å². The van der Waals surface area contributed by atoms with Gasteiger partial charge in [0.05, 0.1) is 11.4 Å². The minimum atomic E-state index is -4.05. The number of aromatic nitrogens is 1. The van der Waals surface area contributed by atoms with Crippen LogP contribution in [-0.2, 0) is 16.6 Å². The largest absolute Gasteiger partial charge is 0.325 e. The van der Waals surface area contributed by atoms with E-state index in [0.29, 0.717) is 5.69 Å². The topological polar surface area (TPSA) is 85.1 Å². The summed E-state index contributed by atoms with van der Waals surface area (Å²) in [4.78, 5) is 3.68. The Bertz CT molecular complexity index is 762. The van der Waals surface area contributed by atoms with Gasteiger partial charge in [-0.2, -0.15) is 0 Å². The van der Waals surface area contributed by atoms with Gasteiger partial charge in [-0.15, -0.1) is 0 Å². The summed E-state index contributed by atoms with van der Waals surface area (Å²) in [5, 5.41) is 0. The number of sulfonamides is 1. The number of rotatable bonds is 4. The second-order valence-corrected chi connectivity index (χ2v) is 6.06. The lowest BCUT2D eigenvalue weighted by molar-refractivity contribution is 0.590. The highest BCUT2D eigenvalue weighted by Crippen LogP contribution is 2.22. The molecular formula is C13H13F2N3O2S. The average molecular weight is 313 g/mol. The van der Waals surface area contributed by atoms with Crippen LogP contribution in [0.3, 0.4) is 0 Å². The molecule has 3 N–H and O–H groups in total. The van der Waals surface area contributed by atoms with Crippen LogP contribution in [0.15, 0.2) is 35.4 Å². The van der Waals surface area contributed by atoms with Gasteiger partial charge in [0.1, 0.15) is 16.5 Å². The number of nitrogens with one attached hydrogen (secondary N) is 1. The maximum atomic E-state index is 13.7. The van der Waals surface area contributed by atoms with Crippen LogP contribution in [0.4, 0.5) is 14.5 Å². The summed E-state index contributed by atoms with van der Waals surface area (Å²) in [5.41, 5.74) is 5.51. The maximum Gasteiger partial charge on any atom is 0.263 e. The Labute approximate surface area is 120 Å². The van der Waals surface area contributed by atoms with Crippen molar-refractivity contribution in [3.8, 4) is 0 Å². The molecule has 1 aromatic carbocycles. The molecule has 21 heavy (non-hydrogen) atoms. The van der Waals surface area contributed by atoms with E-state index in [4.69, 9.17) is 5.73 Å². The highest BCUT2D eigenvalue weighted by atomic mass is 32.2. The van der Waals surface area contributed by atoms with Gasteiger partial charge in [-0.05, 0) is 30.7 Å². The van der Waals surface area contributed by atoms with Crippen LogP contribution in [0.2, 0.25) is 0 Å². The average Bonchev–Trinajstić information content (AvgIpc) is 2.44. The third-order valence-electron chi connectivity index (χ3n) is 2.81. The van der Waals surface area contributed by atoms with E-state index in [1.807, 2.05) is 4.72 Å². The zero-order valence-corrected chi connectivity index (χ0v) is 11.9. The van der Waals surface area contributed by atoms with E-state index >= 15 is 0 Å². The van der Waals surface area contributed by atoms with Crippen LogP contribution in [0.1, 0.15) is 11.3 Å². The van der Waals surface area contributed by atoms with Crippen LogP contribution < -0.4 is 10.5 Å². The van der Waals surface area contributed by atoms with Gasteiger partial charge >= 0.3 is 0 Å². The van der Waals surface area contributed by atoms with Crippen molar-refractivity contribution >= 4 is 15.7 Å². The first-order valence-electron chi connectivity index (χ1n) is 5.97. The van der Waals surface area contributed by atoms with E-state index in [-0.39, 0.29) is 17.0 Å². The van der Waals surface area contributed by atoms with Gasteiger partial charge in [0.2, 0.25) is 0 Å². The molecule has 0 aliphatic carbocycles. The molecule has 0 radical (unpaired) electrons. The van der Waals surface area contributed by atoms with E-state index < -0.39 is 27.3 Å². The van der Waals surface area contributed by atoms with Gasteiger partial charge in [-0.1, -0.05) is 0 Å². The molecule has 1 aromatic heterocycles. The highest BCUT2D eigenvalue weighted by molar-refractivity contribution is 7.92. The predicted molar refractivity (Wildman–Crippen MR) is 74.0 cm³/mol. The molecule has 0 saturated heterocycles. The number of benzene rings is 1. The Hall–Kier alpha value is -2.06. The Kier molecular flexibility index (Phi) is 4.19. The standard InChI is InChI=1S/C13H13F2N3O2S/c1-8-4-12(15)13(5-11(8)14)18-21(19,20)10-3-2-9(6-16)17-7-10/h2-5,7,18H,6,16H2,1H3. The van der Waals surface area contributed by atoms with Crippen molar-refractivity contribution in [1.29, 1.82) is 0 Å². The van der Waals surface area contributed by atoms with E-state index in [9.17, 15) is 17.2 Å². The van der Waals surface area contributed by atoms with Crippen molar-refractivity contribution in [2.45, 2.75) is 18.4 Å². The summed E-state index contributed by atoms with van der Waals surface area (Å²) in [6, 6.07) is 4.45. The van der Waals surface area contributed by atoms with Crippen LogP contribution in [0.25, 0.3) is 0 Å². The van der Waals surface area contributed by atoms with Crippen molar-refractivity contribution in [2.75, 3.05) is 4.72 Å². The summed E-state index contributed by atoms with van der Waals surface area (Å²) >= 11 is 0. The van der Waals surface area contributed by atoms with Crippen molar-refractivity contribution in [1.82, 2.24) is 4.98 Å². The number of pyridine rings is 1. The molecule has 112 valence electrons. The minimum Gasteiger partial charge on any atom is -0.325 e. The van der Waals surface area contributed by atoms with Crippen LogP contribution in [-0.4, -0.2) is 13.4 Å². The molecule has 0 saturated carbocycles. The number of hydrogen-bond acceptors (Lipinski definition) is 4. The lowest BCUT2D eigenvalue weighted by atomic mass is 10.2. The summed E-state index contributed by atoms with van der Waals surface area (Å²) in [6.07, 6.45) is 1.10. The lowest BCUT2D eigenvalue weighted by Gasteiger charge is -2.10. The second-order valence-electron chi connectivity index (χ2n) is 4.38. The molecule has 2 rings (SSSR count). The molecule has 0 aliphatic rings. The fourth-order valence-corrected chi connectivity index (χ4v) is 2.62. The van der Waals surface area contributed by atoms with Crippen LogP contribution >= 0.6 is 0 Å². The summed E-state index contributed by atoms with van der Waals surface area (Å²) < 4.78 is 53.2. The second kappa shape index (κ2) is 5.74. The first kappa shape index (κ1) is 15.3. The number of aryl methyl sites for hydroxylation is 1. The molecule has 0 fully saturated rings. The number of halogens is 2. The number of nitrogens with two attached hydrogens (primary N) is 1. The summed E-state index contributed by atoms with van der Waals surface area (Å²) in [5.74, 6) is -1.56. The molecule has 2 aromatic rings. The van der Waals surface area contributed by atoms with E-state index in [2.05, 4.69) is 4.98 Å². The maximum absolute atomic E-state index is 13.7. The number of nitrogens with zero attached hydrogens (tertiary/aromatic N) is 1. The Morgan fingerprint density at radius 2 is 1.95 bits per heavy atom. The van der Waals surface area contributed by atoms with E-state index in [0.717, 1.165) is 18.3 Å². The van der Waals surface area contributed by atoms with Crippen molar-refractivity contribution in [3.63, 3.8) is 0 Å². The smallest absolute Gasteiger partial charge is 0.263 e. The third kappa shape index (κ3) is 3.34. The Balaban J connectivity index is 2.34. The molecule has 0 spiro atoms. The predicted octanol–water partition coefficient (Wildman–Crippen LogP) is 1.93. The van der Waals surface area contributed by atoms with Gasteiger partial charge in [0.15, 0.2) is 0 Å². The molecule has 0 aliphatic heterocycles. The molecule has 0 atom stereocenters. The van der Waals surface area contributed by atoms with Gasteiger partial charge in [0.25, 0.3) is 10.0 Å². The van der Waals surface area contributed by atoms with Gasteiger partial charge in [-0.25, -0.2) is 17.2 Å². The van der Waals surface area contributed by atoms with Crippen molar-refractivity contribution < 1.29 is 17.2 Å².